The van der Waals surface area contributed by atoms with E-state index >= 15 is 0 Å². The lowest BCUT2D eigenvalue weighted by Gasteiger charge is -2.19. The molecule has 0 saturated carbocycles. The van der Waals surface area contributed by atoms with Crippen molar-refractivity contribution >= 4 is 39.9 Å². The van der Waals surface area contributed by atoms with Crippen molar-refractivity contribution in [2.24, 2.45) is 5.73 Å². The summed E-state index contributed by atoms with van der Waals surface area (Å²) in [6, 6.07) is 6.29. The van der Waals surface area contributed by atoms with Crippen molar-refractivity contribution in [1.82, 2.24) is 0 Å². The van der Waals surface area contributed by atoms with Gasteiger partial charge in [0.25, 0.3) is 5.91 Å². The molecule has 1 aliphatic carbocycles. The number of rotatable bonds is 4. The summed E-state index contributed by atoms with van der Waals surface area (Å²) in [4.78, 5) is 25.7. The first kappa shape index (κ1) is 16.1. The Morgan fingerprint density at radius 2 is 2.04 bits per heavy atom. The predicted molar refractivity (Wildman–Crippen MR) is 96.4 cm³/mol. The zero-order chi connectivity index (χ0) is 16.6. The van der Waals surface area contributed by atoms with E-state index in [1.165, 1.54) is 28.7 Å². The number of hydrogen-bond donors (Lipinski definition) is 2. The Labute approximate surface area is 143 Å². The molecule has 1 aromatic carbocycles. The lowest BCUT2D eigenvalue weighted by molar-refractivity contribution is -0.114. The van der Waals surface area contributed by atoms with Crippen molar-refractivity contribution in [3.8, 4) is 10.4 Å². The minimum atomic E-state index is -0.478. The third kappa shape index (κ3) is 2.88. The van der Waals surface area contributed by atoms with E-state index in [-0.39, 0.29) is 5.91 Å². The van der Waals surface area contributed by atoms with Gasteiger partial charge >= 0.3 is 0 Å². The van der Waals surface area contributed by atoms with Gasteiger partial charge in [-0.2, -0.15) is 0 Å². The number of nitrogens with two attached hydrogens (primary N) is 1. The van der Waals surface area contributed by atoms with Crippen LogP contribution in [0.1, 0.15) is 35.3 Å². The maximum absolute atomic E-state index is 11.9. The molecule has 23 heavy (non-hydrogen) atoms. The Bertz CT molecular complexity index is 796. The molecule has 0 bridgehead atoms. The average Bonchev–Trinajstić information content (AvgIpc) is 2.85. The van der Waals surface area contributed by atoms with Gasteiger partial charge in [-0.25, -0.2) is 0 Å². The van der Waals surface area contributed by atoms with E-state index in [0.29, 0.717) is 10.6 Å². The van der Waals surface area contributed by atoms with Crippen LogP contribution in [0.2, 0.25) is 0 Å². The Morgan fingerprint density at radius 3 is 2.70 bits per heavy atom. The molecule has 0 saturated heterocycles. The van der Waals surface area contributed by atoms with Gasteiger partial charge in [0.1, 0.15) is 5.00 Å². The van der Waals surface area contributed by atoms with Crippen LogP contribution in [0.15, 0.2) is 23.1 Å². The Morgan fingerprint density at radius 1 is 1.30 bits per heavy atom. The second kappa shape index (κ2) is 6.37. The summed E-state index contributed by atoms with van der Waals surface area (Å²) in [7, 11) is 0. The Balaban J connectivity index is 2.18. The van der Waals surface area contributed by atoms with Crippen molar-refractivity contribution < 1.29 is 9.59 Å². The lowest BCUT2D eigenvalue weighted by atomic mass is 9.89. The molecular weight excluding hydrogens is 328 g/mol. The summed E-state index contributed by atoms with van der Waals surface area (Å²) in [5, 5.41) is 3.32. The first-order valence-corrected chi connectivity index (χ1v) is 9.31. The number of anilines is 1. The fourth-order valence-corrected chi connectivity index (χ4v) is 5.23. The highest BCUT2D eigenvalue weighted by atomic mass is 32.2. The maximum Gasteiger partial charge on any atom is 0.252 e. The fraction of sp³-hybridized carbons (Fsp3) is 0.294. The van der Waals surface area contributed by atoms with Gasteiger partial charge in [-0.3, -0.25) is 9.59 Å². The highest BCUT2D eigenvalue weighted by Gasteiger charge is 2.28. The number of nitrogens with one attached hydrogen (secondary N) is 1. The minimum Gasteiger partial charge on any atom is -0.365 e. The molecule has 120 valence electrons. The zero-order valence-corrected chi connectivity index (χ0v) is 14.7. The maximum atomic E-state index is 11.9. The normalized spacial score (nSPS) is 12.4. The quantitative estimate of drug-likeness (QED) is 0.830. The molecule has 0 radical (unpaired) electrons. The molecule has 3 N–H and O–H groups in total. The number of carbonyl (C=O) groups is 2. The van der Waals surface area contributed by atoms with Gasteiger partial charge in [0, 0.05) is 16.7 Å². The van der Waals surface area contributed by atoms with Crippen molar-refractivity contribution in [3.05, 3.63) is 34.9 Å². The molecule has 6 heteroatoms. The summed E-state index contributed by atoms with van der Waals surface area (Å²) in [5.74, 6) is 0.354. The molecule has 0 fully saturated rings. The van der Waals surface area contributed by atoms with Gasteiger partial charge in [0.05, 0.1) is 5.56 Å². The summed E-state index contributed by atoms with van der Waals surface area (Å²) in [5.41, 5.74) is 9.50. The number of primary amides is 1. The molecule has 4 nitrogen and oxygen atoms in total. The second-order valence-corrected chi connectivity index (χ2v) is 7.70. The van der Waals surface area contributed by atoms with E-state index in [1.54, 1.807) is 0 Å². The molecule has 0 aliphatic heterocycles. The van der Waals surface area contributed by atoms with E-state index in [4.69, 9.17) is 5.73 Å². The molecule has 1 heterocycles. The van der Waals surface area contributed by atoms with Gasteiger partial charge < -0.3 is 11.1 Å². The van der Waals surface area contributed by atoms with Crippen LogP contribution in [-0.4, -0.2) is 17.6 Å². The van der Waals surface area contributed by atoms with Gasteiger partial charge in [0.2, 0.25) is 5.91 Å². The van der Waals surface area contributed by atoms with Crippen LogP contribution < -0.4 is 11.1 Å². The van der Waals surface area contributed by atoms with Gasteiger partial charge in [-0.1, -0.05) is 19.1 Å². The fourth-order valence-electron chi connectivity index (χ4n) is 3.01. The van der Waals surface area contributed by atoms with Crippen molar-refractivity contribution in [1.29, 1.82) is 0 Å². The molecule has 0 spiro atoms. The molecule has 2 aromatic rings. The van der Waals surface area contributed by atoms with Gasteiger partial charge in [-0.15, -0.1) is 23.1 Å². The first-order chi connectivity index (χ1) is 11.0. The minimum absolute atomic E-state index is 0.193. The van der Waals surface area contributed by atoms with E-state index in [9.17, 15) is 9.59 Å². The van der Waals surface area contributed by atoms with Crippen LogP contribution in [0.5, 0.6) is 0 Å². The van der Waals surface area contributed by atoms with Crippen LogP contribution in [0.3, 0.4) is 0 Å². The number of hydrogen-bond acceptors (Lipinski definition) is 4. The number of carbonyl (C=O) groups excluding carboxylic acids is 2. The van der Waals surface area contributed by atoms with Gasteiger partial charge in [0.15, 0.2) is 0 Å². The molecule has 0 atom stereocenters. The summed E-state index contributed by atoms with van der Waals surface area (Å²) in [6.45, 7) is 3.58. The Hall–Kier alpha value is -1.79. The van der Waals surface area contributed by atoms with Crippen molar-refractivity contribution in [3.63, 3.8) is 0 Å². The first-order valence-electron chi connectivity index (χ1n) is 7.51. The third-order valence-corrected chi connectivity index (χ3v) is 6.01. The number of thioether (sulfide) groups is 1. The van der Waals surface area contributed by atoms with Crippen LogP contribution in [0, 0.1) is 0 Å². The van der Waals surface area contributed by atoms with Crippen LogP contribution in [-0.2, 0) is 17.6 Å². The van der Waals surface area contributed by atoms with Gasteiger partial charge in [-0.05, 0) is 41.4 Å². The third-order valence-electron chi connectivity index (χ3n) is 3.85. The summed E-state index contributed by atoms with van der Waals surface area (Å²) in [6.07, 6.45) is 1.67. The SMILES string of the molecule is CCSc1cccc2c1CCc1c-2sc(NC(C)=O)c1C(N)=O. The molecule has 1 aliphatic rings. The monoisotopic (exact) mass is 346 g/mol. The number of amides is 2. The highest BCUT2D eigenvalue weighted by molar-refractivity contribution is 7.99. The second-order valence-electron chi connectivity index (χ2n) is 5.37. The van der Waals surface area contributed by atoms with E-state index in [2.05, 4.69) is 24.4 Å². The zero-order valence-electron chi connectivity index (χ0n) is 13.1. The number of fused-ring (bicyclic) bond motifs is 3. The van der Waals surface area contributed by atoms with E-state index in [1.807, 2.05) is 17.8 Å². The Kier molecular flexibility index (Phi) is 4.46. The average molecular weight is 346 g/mol. The molecule has 0 unspecified atom stereocenters. The van der Waals surface area contributed by atoms with Crippen LogP contribution in [0.25, 0.3) is 10.4 Å². The topological polar surface area (TPSA) is 72.2 Å². The van der Waals surface area contributed by atoms with Crippen LogP contribution in [0.4, 0.5) is 5.00 Å². The summed E-state index contributed by atoms with van der Waals surface area (Å²) >= 11 is 3.28. The van der Waals surface area contributed by atoms with E-state index in [0.717, 1.165) is 34.6 Å². The standard InChI is InChI=1S/C17H18N2O2S2/c1-3-22-13-6-4-5-11-10(13)7-8-12-14(16(18)21)17(19-9(2)20)23-15(11)12/h4-6H,3,7-8H2,1-2H3,(H2,18,21)(H,19,20). The molecule has 3 rings (SSSR count). The lowest BCUT2D eigenvalue weighted by Crippen LogP contribution is -2.17. The number of benzene rings is 1. The van der Waals surface area contributed by atoms with E-state index < -0.39 is 5.91 Å². The summed E-state index contributed by atoms with van der Waals surface area (Å²) < 4.78 is 0. The highest BCUT2D eigenvalue weighted by Crippen LogP contribution is 2.46. The predicted octanol–water partition coefficient (Wildman–Crippen LogP) is 3.68. The molecule has 2 amide bonds. The number of thiophene rings is 1. The van der Waals surface area contributed by atoms with Crippen molar-refractivity contribution in [2.45, 2.75) is 31.6 Å². The smallest absolute Gasteiger partial charge is 0.252 e. The molecular formula is C17H18N2O2S2. The molecule has 1 aromatic heterocycles. The van der Waals surface area contributed by atoms with Crippen molar-refractivity contribution in [2.75, 3.05) is 11.1 Å². The largest absolute Gasteiger partial charge is 0.365 e. The van der Waals surface area contributed by atoms with Crippen LogP contribution >= 0.6 is 23.1 Å².